The van der Waals surface area contributed by atoms with Gasteiger partial charge in [-0.25, -0.2) is 0 Å². The first-order valence-electron chi connectivity index (χ1n) is 8.07. The third-order valence-corrected chi connectivity index (χ3v) is 5.15. The molecule has 1 unspecified atom stereocenters. The smallest absolute Gasteiger partial charge is 0.0595 e. The van der Waals surface area contributed by atoms with Crippen LogP contribution in [-0.4, -0.2) is 0 Å². The maximum Gasteiger partial charge on any atom is 0.0595 e. The molecule has 23 heavy (non-hydrogen) atoms. The van der Waals surface area contributed by atoms with Gasteiger partial charge in [-0.05, 0) is 59.9 Å². The molecule has 2 aromatic carbocycles. The highest BCUT2D eigenvalue weighted by molar-refractivity contribution is 6.42. The summed E-state index contributed by atoms with van der Waals surface area (Å²) in [6, 6.07) is 12.2. The van der Waals surface area contributed by atoms with Crippen LogP contribution in [0.25, 0.3) is 0 Å². The average Bonchev–Trinajstić information content (AvgIpc) is 2.47. The lowest BCUT2D eigenvalue weighted by Crippen LogP contribution is -2.06. The van der Waals surface area contributed by atoms with Crippen molar-refractivity contribution in [1.29, 1.82) is 0 Å². The highest BCUT2D eigenvalue weighted by Gasteiger charge is 2.12. The van der Waals surface area contributed by atoms with E-state index in [0.717, 1.165) is 24.3 Å². The van der Waals surface area contributed by atoms with E-state index < -0.39 is 0 Å². The van der Waals surface area contributed by atoms with E-state index in [9.17, 15) is 0 Å². The Bertz CT molecular complexity index is 662. The van der Waals surface area contributed by atoms with Gasteiger partial charge in [0.1, 0.15) is 0 Å². The topological polar surface area (TPSA) is 0 Å². The van der Waals surface area contributed by atoms with Crippen LogP contribution in [0.15, 0.2) is 36.4 Å². The fourth-order valence-corrected chi connectivity index (χ4v) is 3.51. The maximum atomic E-state index is 6.61. The first-order valence-corrected chi connectivity index (χ1v) is 9.20. The monoisotopic (exact) mass is 368 g/mol. The second-order valence-corrected chi connectivity index (χ2v) is 7.94. The van der Waals surface area contributed by atoms with Gasteiger partial charge in [-0.2, -0.15) is 0 Å². The average molecular weight is 370 g/mol. The molecule has 0 heterocycles. The summed E-state index contributed by atoms with van der Waals surface area (Å²) in [4.78, 5) is 0. The number of rotatable bonds is 6. The molecule has 0 saturated heterocycles. The van der Waals surface area contributed by atoms with E-state index in [0.29, 0.717) is 21.9 Å². The molecule has 0 radical (unpaired) electrons. The Kier molecular flexibility index (Phi) is 6.83. The second kappa shape index (κ2) is 8.42. The first kappa shape index (κ1) is 18.6. The fourth-order valence-electron chi connectivity index (χ4n) is 2.90. The molecular formula is C20H23Cl3. The number of benzene rings is 2. The minimum atomic E-state index is 0.485. The van der Waals surface area contributed by atoms with Gasteiger partial charge in [-0.1, -0.05) is 79.8 Å². The van der Waals surface area contributed by atoms with E-state index in [4.69, 9.17) is 34.8 Å². The van der Waals surface area contributed by atoms with Gasteiger partial charge in [-0.15, -0.1) is 0 Å². The molecule has 0 aliphatic heterocycles. The summed E-state index contributed by atoms with van der Waals surface area (Å²) in [6.07, 6.45) is 2.94. The minimum Gasteiger partial charge on any atom is -0.0837 e. The molecule has 0 nitrogen and oxygen atoms in total. The lowest BCUT2D eigenvalue weighted by Gasteiger charge is -2.16. The zero-order valence-corrected chi connectivity index (χ0v) is 16.1. The Morgan fingerprint density at radius 3 is 2.04 bits per heavy atom. The SMILES string of the molecule is CC(C)Cc1cccc(CC(C)Cc2ccc(Cl)c(Cl)c2)c1Cl. The summed E-state index contributed by atoms with van der Waals surface area (Å²) in [7, 11) is 0. The highest BCUT2D eigenvalue weighted by Crippen LogP contribution is 2.28. The largest absolute Gasteiger partial charge is 0.0837 e. The molecule has 0 amide bonds. The number of hydrogen-bond acceptors (Lipinski definition) is 0. The van der Waals surface area contributed by atoms with Crippen molar-refractivity contribution in [2.24, 2.45) is 11.8 Å². The highest BCUT2D eigenvalue weighted by atomic mass is 35.5. The van der Waals surface area contributed by atoms with Crippen molar-refractivity contribution in [3.63, 3.8) is 0 Å². The summed E-state index contributed by atoms with van der Waals surface area (Å²) >= 11 is 18.7. The molecule has 0 aromatic heterocycles. The molecule has 1 atom stereocenters. The molecule has 124 valence electrons. The summed E-state index contributed by atoms with van der Waals surface area (Å²) in [5.41, 5.74) is 3.69. The lowest BCUT2D eigenvalue weighted by atomic mass is 9.92. The van der Waals surface area contributed by atoms with Crippen LogP contribution in [0.5, 0.6) is 0 Å². The van der Waals surface area contributed by atoms with Crippen molar-refractivity contribution in [3.05, 3.63) is 68.2 Å². The Morgan fingerprint density at radius 1 is 0.783 bits per heavy atom. The molecule has 0 N–H and O–H groups in total. The number of hydrogen-bond donors (Lipinski definition) is 0. The zero-order chi connectivity index (χ0) is 17.0. The van der Waals surface area contributed by atoms with Crippen LogP contribution >= 0.6 is 34.8 Å². The summed E-state index contributed by atoms with van der Waals surface area (Å²) in [5, 5.41) is 2.16. The number of halogens is 3. The van der Waals surface area contributed by atoms with Crippen molar-refractivity contribution in [2.45, 2.75) is 40.0 Å². The van der Waals surface area contributed by atoms with E-state index in [2.05, 4.69) is 39.0 Å². The Hall–Kier alpha value is -0.690. The van der Waals surface area contributed by atoms with Crippen LogP contribution < -0.4 is 0 Å². The van der Waals surface area contributed by atoms with Crippen molar-refractivity contribution in [2.75, 3.05) is 0 Å². The van der Waals surface area contributed by atoms with E-state index >= 15 is 0 Å². The standard InChI is InChI=1S/C20H23Cl3/c1-13(2)9-16-5-4-6-17(20(16)23)11-14(3)10-15-7-8-18(21)19(22)12-15/h4-8,12-14H,9-11H2,1-3H3. The molecule has 0 aliphatic rings. The van der Waals surface area contributed by atoms with Crippen LogP contribution in [-0.2, 0) is 19.3 Å². The molecule has 0 bridgehead atoms. The van der Waals surface area contributed by atoms with Gasteiger partial charge < -0.3 is 0 Å². The van der Waals surface area contributed by atoms with Crippen LogP contribution in [0.4, 0.5) is 0 Å². The Labute approximate surface area is 154 Å². The van der Waals surface area contributed by atoms with Gasteiger partial charge in [0.15, 0.2) is 0 Å². The summed E-state index contributed by atoms with van der Waals surface area (Å²) in [5.74, 6) is 1.09. The second-order valence-electron chi connectivity index (χ2n) is 6.75. The summed E-state index contributed by atoms with van der Waals surface area (Å²) < 4.78 is 0. The predicted molar refractivity (Wildman–Crippen MR) is 103 cm³/mol. The van der Waals surface area contributed by atoms with E-state index in [1.165, 1.54) is 16.7 Å². The lowest BCUT2D eigenvalue weighted by molar-refractivity contribution is 0.576. The normalized spacial score (nSPS) is 12.7. The zero-order valence-electron chi connectivity index (χ0n) is 13.9. The van der Waals surface area contributed by atoms with Crippen LogP contribution in [0.2, 0.25) is 15.1 Å². The predicted octanol–water partition coefficient (Wildman–Crippen LogP) is 7.27. The molecule has 2 aromatic rings. The molecule has 0 saturated carbocycles. The van der Waals surface area contributed by atoms with Crippen molar-refractivity contribution in [1.82, 2.24) is 0 Å². The van der Waals surface area contributed by atoms with Crippen molar-refractivity contribution in [3.8, 4) is 0 Å². The minimum absolute atomic E-state index is 0.485. The molecule has 2 rings (SSSR count). The third kappa shape index (κ3) is 5.41. The van der Waals surface area contributed by atoms with Crippen LogP contribution in [0, 0.1) is 11.8 Å². The molecule has 0 fully saturated rings. The fraction of sp³-hybridized carbons (Fsp3) is 0.400. The van der Waals surface area contributed by atoms with Gasteiger partial charge in [-0.3, -0.25) is 0 Å². The van der Waals surface area contributed by atoms with E-state index in [1.54, 1.807) is 0 Å². The van der Waals surface area contributed by atoms with Gasteiger partial charge in [0.25, 0.3) is 0 Å². The molecule has 3 heteroatoms. The van der Waals surface area contributed by atoms with E-state index in [-0.39, 0.29) is 0 Å². The third-order valence-electron chi connectivity index (χ3n) is 3.92. The summed E-state index contributed by atoms with van der Waals surface area (Å²) in [6.45, 7) is 6.68. The van der Waals surface area contributed by atoms with Crippen molar-refractivity contribution >= 4 is 34.8 Å². The van der Waals surface area contributed by atoms with Crippen LogP contribution in [0.3, 0.4) is 0 Å². The Balaban J connectivity index is 2.07. The van der Waals surface area contributed by atoms with Gasteiger partial charge in [0, 0.05) is 5.02 Å². The van der Waals surface area contributed by atoms with Gasteiger partial charge in [0.2, 0.25) is 0 Å². The van der Waals surface area contributed by atoms with E-state index in [1.807, 2.05) is 18.2 Å². The molecular weight excluding hydrogens is 347 g/mol. The van der Waals surface area contributed by atoms with Crippen molar-refractivity contribution < 1.29 is 0 Å². The molecule has 0 aliphatic carbocycles. The van der Waals surface area contributed by atoms with Gasteiger partial charge >= 0.3 is 0 Å². The molecule has 0 spiro atoms. The first-order chi connectivity index (χ1) is 10.9. The van der Waals surface area contributed by atoms with Gasteiger partial charge in [0.05, 0.1) is 10.0 Å². The quantitative estimate of drug-likeness (QED) is 0.502. The maximum absolute atomic E-state index is 6.61. The Morgan fingerprint density at radius 2 is 1.43 bits per heavy atom. The van der Waals surface area contributed by atoms with Crippen LogP contribution in [0.1, 0.15) is 37.5 Å².